The SMILES string of the molecule is Cc1cccc(-n2c(CNC(=O)COc3ccc(Cl)cc3)nnc2SCC(=O)N2CCc3ccccc32)c1C. The molecule has 0 aliphatic carbocycles. The first-order chi connectivity index (χ1) is 18.9. The van der Waals surface area contributed by atoms with E-state index in [4.69, 9.17) is 16.3 Å². The second-order valence-corrected chi connectivity index (χ2v) is 10.6. The Morgan fingerprint density at radius 3 is 2.59 bits per heavy atom. The van der Waals surface area contributed by atoms with Crippen molar-refractivity contribution in [2.45, 2.75) is 32.0 Å². The van der Waals surface area contributed by atoms with Crippen molar-refractivity contribution in [3.05, 3.63) is 94.3 Å². The number of halogens is 1. The number of nitrogens with zero attached hydrogens (tertiary/aromatic N) is 4. The van der Waals surface area contributed by atoms with Gasteiger partial charge in [-0.3, -0.25) is 14.2 Å². The van der Waals surface area contributed by atoms with Gasteiger partial charge in [-0.2, -0.15) is 0 Å². The Morgan fingerprint density at radius 1 is 1.00 bits per heavy atom. The molecule has 4 aromatic rings. The third-order valence-corrected chi connectivity index (χ3v) is 7.82. The van der Waals surface area contributed by atoms with Crippen molar-refractivity contribution in [3.8, 4) is 11.4 Å². The number of amides is 2. The number of carbonyl (C=O) groups is 2. The van der Waals surface area contributed by atoms with Gasteiger partial charge in [-0.1, -0.05) is 53.7 Å². The van der Waals surface area contributed by atoms with Gasteiger partial charge in [0.25, 0.3) is 5.91 Å². The van der Waals surface area contributed by atoms with Crippen molar-refractivity contribution < 1.29 is 14.3 Å². The second-order valence-electron chi connectivity index (χ2n) is 9.19. The molecule has 0 bridgehead atoms. The molecule has 8 nitrogen and oxygen atoms in total. The smallest absolute Gasteiger partial charge is 0.258 e. The van der Waals surface area contributed by atoms with Crippen molar-refractivity contribution in [2.75, 3.05) is 23.8 Å². The van der Waals surface area contributed by atoms with Crippen LogP contribution in [-0.2, 0) is 22.6 Å². The summed E-state index contributed by atoms with van der Waals surface area (Å²) in [4.78, 5) is 27.5. The Labute approximate surface area is 236 Å². The van der Waals surface area contributed by atoms with Gasteiger partial charge in [0.1, 0.15) is 5.75 Å². The van der Waals surface area contributed by atoms with Crippen molar-refractivity contribution in [1.29, 1.82) is 0 Å². The Bertz CT molecular complexity index is 1510. The van der Waals surface area contributed by atoms with Gasteiger partial charge >= 0.3 is 0 Å². The summed E-state index contributed by atoms with van der Waals surface area (Å²) in [6, 6.07) is 20.8. The molecule has 0 atom stereocenters. The average Bonchev–Trinajstić information content (AvgIpc) is 3.56. The highest BCUT2D eigenvalue weighted by molar-refractivity contribution is 7.99. The van der Waals surface area contributed by atoms with E-state index in [-0.39, 0.29) is 30.7 Å². The maximum absolute atomic E-state index is 13.1. The minimum Gasteiger partial charge on any atom is -0.484 e. The van der Waals surface area contributed by atoms with Gasteiger partial charge in [0.2, 0.25) is 5.91 Å². The molecular weight excluding hydrogens is 534 g/mol. The lowest BCUT2D eigenvalue weighted by Gasteiger charge is -2.18. The van der Waals surface area contributed by atoms with Crippen molar-refractivity contribution >= 4 is 40.9 Å². The molecule has 200 valence electrons. The third-order valence-electron chi connectivity index (χ3n) is 6.66. The summed E-state index contributed by atoms with van der Waals surface area (Å²) in [6.45, 7) is 4.76. The first-order valence-corrected chi connectivity index (χ1v) is 13.9. The van der Waals surface area contributed by atoms with Gasteiger partial charge < -0.3 is 15.0 Å². The fraction of sp³-hybridized carbons (Fsp3) is 0.241. The van der Waals surface area contributed by atoms with Crippen LogP contribution in [0, 0.1) is 13.8 Å². The summed E-state index contributed by atoms with van der Waals surface area (Å²) in [5.41, 5.74) is 5.25. The quantitative estimate of drug-likeness (QED) is 0.292. The fourth-order valence-corrected chi connectivity index (χ4v) is 5.40. The van der Waals surface area contributed by atoms with Gasteiger partial charge in [-0.15, -0.1) is 10.2 Å². The first kappa shape index (κ1) is 26.8. The van der Waals surface area contributed by atoms with Crippen LogP contribution < -0.4 is 15.0 Å². The predicted molar refractivity (Wildman–Crippen MR) is 153 cm³/mol. The van der Waals surface area contributed by atoms with Gasteiger partial charge in [-0.25, -0.2) is 0 Å². The number of para-hydroxylation sites is 1. The zero-order valence-corrected chi connectivity index (χ0v) is 23.3. The Hall–Kier alpha value is -3.82. The van der Waals surface area contributed by atoms with Gasteiger partial charge in [0.05, 0.1) is 18.0 Å². The molecule has 1 aromatic heterocycles. The van der Waals surface area contributed by atoms with Crippen molar-refractivity contribution in [1.82, 2.24) is 20.1 Å². The predicted octanol–water partition coefficient (Wildman–Crippen LogP) is 4.91. The van der Waals surface area contributed by atoms with Gasteiger partial charge in [0.15, 0.2) is 17.6 Å². The monoisotopic (exact) mass is 561 g/mol. The molecule has 3 aromatic carbocycles. The molecule has 1 aliphatic rings. The maximum atomic E-state index is 13.1. The molecule has 0 fully saturated rings. The highest BCUT2D eigenvalue weighted by Crippen LogP contribution is 2.30. The minimum atomic E-state index is -0.294. The zero-order chi connectivity index (χ0) is 27.4. The van der Waals surface area contributed by atoms with Crippen LogP contribution in [0.4, 0.5) is 5.69 Å². The molecule has 0 saturated carbocycles. The van der Waals surface area contributed by atoms with E-state index in [9.17, 15) is 9.59 Å². The summed E-state index contributed by atoms with van der Waals surface area (Å²) in [7, 11) is 0. The lowest BCUT2D eigenvalue weighted by Crippen LogP contribution is -2.30. The largest absolute Gasteiger partial charge is 0.484 e. The normalized spacial score (nSPS) is 12.3. The lowest BCUT2D eigenvalue weighted by molar-refractivity contribution is -0.123. The van der Waals surface area contributed by atoms with Crippen LogP contribution in [0.2, 0.25) is 5.02 Å². The number of rotatable bonds is 9. The third kappa shape index (κ3) is 6.10. The molecule has 2 amide bonds. The molecule has 39 heavy (non-hydrogen) atoms. The number of nitrogens with one attached hydrogen (secondary N) is 1. The van der Waals surface area contributed by atoms with Crippen LogP contribution in [0.1, 0.15) is 22.5 Å². The number of benzene rings is 3. The summed E-state index contributed by atoms with van der Waals surface area (Å²) >= 11 is 7.24. The van der Waals surface area contributed by atoms with Crippen LogP contribution in [0.25, 0.3) is 5.69 Å². The van der Waals surface area contributed by atoms with Crippen molar-refractivity contribution in [3.63, 3.8) is 0 Å². The Morgan fingerprint density at radius 2 is 1.77 bits per heavy atom. The number of fused-ring (bicyclic) bond motifs is 1. The Kier molecular flexibility index (Phi) is 8.18. The highest BCUT2D eigenvalue weighted by atomic mass is 35.5. The number of ether oxygens (including phenoxy) is 1. The zero-order valence-electron chi connectivity index (χ0n) is 21.7. The number of hydrogen-bond donors (Lipinski definition) is 1. The van der Waals surface area contributed by atoms with E-state index < -0.39 is 0 Å². The number of anilines is 1. The maximum Gasteiger partial charge on any atom is 0.258 e. The molecule has 0 spiro atoms. The molecule has 0 saturated heterocycles. The number of aromatic nitrogens is 3. The second kappa shape index (κ2) is 11.9. The van der Waals surface area contributed by atoms with Crippen LogP contribution >= 0.6 is 23.4 Å². The number of carbonyl (C=O) groups excluding carboxylic acids is 2. The van der Waals surface area contributed by atoms with E-state index in [0.29, 0.717) is 28.3 Å². The first-order valence-electron chi connectivity index (χ1n) is 12.6. The topological polar surface area (TPSA) is 89.4 Å². The number of hydrogen-bond acceptors (Lipinski definition) is 6. The summed E-state index contributed by atoms with van der Waals surface area (Å²) in [5.74, 6) is 1.06. The molecule has 5 rings (SSSR count). The molecule has 0 unspecified atom stereocenters. The van der Waals surface area contributed by atoms with E-state index in [1.54, 1.807) is 24.3 Å². The van der Waals surface area contributed by atoms with E-state index in [0.717, 1.165) is 28.9 Å². The summed E-state index contributed by atoms with van der Waals surface area (Å²) < 4.78 is 7.46. The van der Waals surface area contributed by atoms with Crippen molar-refractivity contribution in [2.24, 2.45) is 0 Å². The molecule has 2 heterocycles. The molecule has 0 radical (unpaired) electrons. The average molecular weight is 562 g/mol. The van der Waals surface area contributed by atoms with E-state index >= 15 is 0 Å². The van der Waals surface area contributed by atoms with E-state index in [1.807, 2.05) is 59.7 Å². The molecule has 10 heteroatoms. The molecule has 1 aliphatic heterocycles. The molecular formula is C29H28ClN5O3S. The van der Waals surface area contributed by atoms with E-state index in [2.05, 4.69) is 21.6 Å². The van der Waals surface area contributed by atoms with Crippen LogP contribution in [0.3, 0.4) is 0 Å². The van der Waals surface area contributed by atoms with Gasteiger partial charge in [-0.05, 0) is 73.4 Å². The van der Waals surface area contributed by atoms with E-state index in [1.165, 1.54) is 17.3 Å². The van der Waals surface area contributed by atoms with Crippen LogP contribution in [0.15, 0.2) is 71.9 Å². The lowest BCUT2D eigenvalue weighted by atomic mass is 10.1. The standard InChI is InChI=1S/C29H28ClN5O3S/c1-19-6-5-9-24(20(19)2)35-26(16-31-27(36)17-38-23-12-10-22(30)11-13-23)32-33-29(35)39-18-28(37)34-15-14-21-7-3-4-8-25(21)34/h3-13H,14-18H2,1-2H3,(H,31,36). The minimum absolute atomic E-state index is 0.0228. The fourth-order valence-electron chi connectivity index (χ4n) is 4.44. The number of aryl methyl sites for hydroxylation is 1. The van der Waals surface area contributed by atoms with Crippen LogP contribution in [-0.4, -0.2) is 45.5 Å². The summed E-state index contributed by atoms with van der Waals surface area (Å²) in [6.07, 6.45) is 0.858. The Balaban J connectivity index is 1.30. The molecule has 1 N–H and O–H groups in total. The highest BCUT2D eigenvalue weighted by Gasteiger charge is 2.25. The van der Waals surface area contributed by atoms with Gasteiger partial charge in [0, 0.05) is 17.3 Å². The number of thioether (sulfide) groups is 1. The van der Waals surface area contributed by atoms with Crippen LogP contribution in [0.5, 0.6) is 5.75 Å². The summed E-state index contributed by atoms with van der Waals surface area (Å²) in [5, 5.41) is 12.8.